The van der Waals surface area contributed by atoms with Crippen LogP contribution in [0.3, 0.4) is 0 Å². The summed E-state index contributed by atoms with van der Waals surface area (Å²) in [7, 11) is 0. The lowest BCUT2D eigenvalue weighted by atomic mass is 9.87. The molecule has 0 saturated carbocycles. The van der Waals surface area contributed by atoms with Gasteiger partial charge >= 0.3 is 17.9 Å². The van der Waals surface area contributed by atoms with E-state index in [4.69, 9.17) is 20.7 Å². The third-order valence-corrected chi connectivity index (χ3v) is 5.10. The molecule has 0 spiro atoms. The normalized spacial score (nSPS) is 33.0. The van der Waals surface area contributed by atoms with Crippen LogP contribution >= 0.6 is 0 Å². The van der Waals surface area contributed by atoms with Crippen LogP contribution in [-0.4, -0.2) is 114 Å². The van der Waals surface area contributed by atoms with Gasteiger partial charge in [0.2, 0.25) is 0 Å². The molecule has 2 unspecified atom stereocenters. The number of carboxylic acids is 3. The zero-order valence-electron chi connectivity index (χ0n) is 15.8. The molecule has 3 aliphatic heterocycles. The van der Waals surface area contributed by atoms with Crippen LogP contribution in [-0.2, 0) is 19.1 Å². The van der Waals surface area contributed by atoms with Gasteiger partial charge in [-0.1, -0.05) is 0 Å². The first-order valence-corrected chi connectivity index (χ1v) is 8.96. The van der Waals surface area contributed by atoms with Crippen LogP contribution in [0.1, 0.15) is 12.8 Å². The number of carboxylic acid groups (broad SMARTS) is 3. The minimum absolute atomic E-state index is 0.0619. The number of aliphatic hydroxyl groups is 3. The van der Waals surface area contributed by atoms with Crippen molar-refractivity contribution in [3.05, 3.63) is 11.5 Å². The second kappa shape index (κ2) is 8.10. The van der Waals surface area contributed by atoms with Crippen molar-refractivity contribution in [3.63, 3.8) is 0 Å². The van der Waals surface area contributed by atoms with Crippen molar-refractivity contribution in [2.45, 2.75) is 49.1 Å². The molecule has 0 aromatic rings. The van der Waals surface area contributed by atoms with Crippen LogP contribution < -0.4 is 5.73 Å². The number of nitrogens with zero attached hydrogens (tertiary/aromatic N) is 4. The largest absolute Gasteiger partial charge is 0.481 e. The molecule has 3 heterocycles. The van der Waals surface area contributed by atoms with Crippen LogP contribution in [0.25, 0.3) is 0 Å². The summed E-state index contributed by atoms with van der Waals surface area (Å²) < 4.78 is 5.55. The number of aliphatic imine (C=N–C) groups is 2. The molecule has 0 radical (unpaired) electrons. The van der Waals surface area contributed by atoms with E-state index in [2.05, 4.69) is 9.98 Å². The summed E-state index contributed by atoms with van der Waals surface area (Å²) in [4.78, 5) is 43.8. The van der Waals surface area contributed by atoms with Gasteiger partial charge in [0.1, 0.15) is 30.1 Å². The van der Waals surface area contributed by atoms with E-state index >= 15 is 0 Å². The molecular weight excluding hydrogens is 422 g/mol. The highest BCUT2D eigenvalue weighted by Gasteiger charge is 2.62. The van der Waals surface area contributed by atoms with Gasteiger partial charge in [-0.3, -0.25) is 14.4 Å². The van der Waals surface area contributed by atoms with Crippen LogP contribution in [0.2, 0.25) is 0 Å². The summed E-state index contributed by atoms with van der Waals surface area (Å²) >= 11 is 0. The quantitative estimate of drug-likeness (QED) is 0.192. The molecule has 15 nitrogen and oxygen atoms in total. The van der Waals surface area contributed by atoms with Gasteiger partial charge in [-0.15, -0.1) is 0 Å². The smallest absolute Gasteiger partial charge is 0.323 e. The predicted octanol–water partition coefficient (Wildman–Crippen LogP) is -3.66. The summed E-state index contributed by atoms with van der Waals surface area (Å²) in [5, 5.41) is 59.2. The first-order valence-electron chi connectivity index (χ1n) is 8.96. The van der Waals surface area contributed by atoms with E-state index in [1.54, 1.807) is 0 Å². The number of nitrogens with two attached hydrogens (primary N) is 1. The van der Waals surface area contributed by atoms with Crippen LogP contribution in [0.5, 0.6) is 0 Å². The zero-order chi connectivity index (χ0) is 23.1. The van der Waals surface area contributed by atoms with E-state index in [1.165, 1.54) is 4.90 Å². The Hall–Kier alpha value is -3.27. The van der Waals surface area contributed by atoms with E-state index in [-0.39, 0.29) is 11.5 Å². The monoisotopic (exact) mass is 443 g/mol. The molecule has 0 bridgehead atoms. The molecule has 0 aromatic carbocycles. The number of hydrogen-bond donors (Lipinski definition) is 7. The fourth-order valence-corrected chi connectivity index (χ4v) is 3.79. The topological polar surface area (TPSA) is 239 Å². The van der Waals surface area contributed by atoms with E-state index in [9.17, 15) is 34.8 Å². The van der Waals surface area contributed by atoms with E-state index in [0.29, 0.717) is 0 Å². The number of aliphatic hydroxyl groups excluding tert-OH is 2. The summed E-state index contributed by atoms with van der Waals surface area (Å²) in [6.45, 7) is -0.567. The van der Waals surface area contributed by atoms with Crippen molar-refractivity contribution in [1.29, 1.82) is 0 Å². The Morgan fingerprint density at radius 2 is 1.84 bits per heavy atom. The number of rotatable bonds is 8. The number of ether oxygens (including phenoxy) is 1. The Labute approximate surface area is 174 Å². The summed E-state index contributed by atoms with van der Waals surface area (Å²) in [6, 6.07) is 0. The van der Waals surface area contributed by atoms with Gasteiger partial charge in [0, 0.05) is 0 Å². The number of aliphatic carboxylic acids is 3. The Morgan fingerprint density at radius 3 is 2.42 bits per heavy atom. The third kappa shape index (κ3) is 4.02. The third-order valence-electron chi connectivity index (χ3n) is 5.10. The Kier molecular flexibility index (Phi) is 5.86. The molecule has 0 amide bonds. The lowest BCUT2D eigenvalue weighted by Crippen LogP contribution is -2.61. The van der Waals surface area contributed by atoms with E-state index < -0.39 is 73.6 Å². The van der Waals surface area contributed by atoms with Crippen molar-refractivity contribution >= 4 is 30.6 Å². The maximum atomic E-state index is 11.4. The van der Waals surface area contributed by atoms with Crippen LogP contribution in [0, 0.1) is 0 Å². The van der Waals surface area contributed by atoms with Crippen molar-refractivity contribution in [2.24, 2.45) is 15.7 Å². The fourth-order valence-electron chi connectivity index (χ4n) is 3.79. The minimum Gasteiger partial charge on any atom is -0.481 e. The first kappa shape index (κ1) is 22.4. The molecule has 3 rings (SSSR count). The van der Waals surface area contributed by atoms with Crippen molar-refractivity contribution in [3.8, 4) is 0 Å². The van der Waals surface area contributed by atoms with Gasteiger partial charge in [-0.2, -0.15) is 0 Å². The highest BCUT2D eigenvalue weighted by molar-refractivity contribution is 5.76. The van der Waals surface area contributed by atoms with Crippen molar-refractivity contribution in [1.82, 2.24) is 9.80 Å². The average Bonchev–Trinajstić information content (AvgIpc) is 3.17. The van der Waals surface area contributed by atoms with Gasteiger partial charge in [-0.25, -0.2) is 9.98 Å². The molecule has 15 heteroatoms. The lowest BCUT2D eigenvalue weighted by Gasteiger charge is -2.41. The molecule has 0 aliphatic carbocycles. The molecule has 6 atom stereocenters. The molecule has 3 aliphatic rings. The van der Waals surface area contributed by atoms with Gasteiger partial charge < -0.3 is 50.9 Å². The van der Waals surface area contributed by atoms with Gasteiger partial charge in [0.25, 0.3) is 0 Å². The molecule has 1 fully saturated rings. The number of carbonyl (C=O) groups is 3. The maximum absolute atomic E-state index is 11.4. The van der Waals surface area contributed by atoms with E-state index in [0.717, 1.165) is 17.6 Å². The van der Waals surface area contributed by atoms with Crippen LogP contribution in [0.15, 0.2) is 21.5 Å². The van der Waals surface area contributed by atoms with Crippen molar-refractivity contribution < 1.29 is 49.8 Å². The van der Waals surface area contributed by atoms with E-state index in [1.807, 2.05) is 0 Å². The SMILES string of the molecule is NC1=C2N=CN([C@@H]3O[C@H](C(O)CC(=O)O)[C@@H](O)[C@]3(O)CC(=O)O)C2N(CC(=O)O)C=N1. The lowest BCUT2D eigenvalue weighted by molar-refractivity contribution is -0.163. The second-order valence-electron chi connectivity index (χ2n) is 7.27. The Morgan fingerprint density at radius 1 is 1.16 bits per heavy atom. The molecule has 31 heavy (non-hydrogen) atoms. The summed E-state index contributed by atoms with van der Waals surface area (Å²) in [5.74, 6) is -4.22. The fraction of sp³-hybridized carbons (Fsp3) is 0.562. The Balaban J connectivity index is 1.98. The van der Waals surface area contributed by atoms with Gasteiger partial charge in [0.05, 0.1) is 31.6 Å². The second-order valence-corrected chi connectivity index (χ2v) is 7.27. The molecule has 1 saturated heterocycles. The van der Waals surface area contributed by atoms with Gasteiger partial charge in [0.15, 0.2) is 18.2 Å². The number of hydrogen-bond acceptors (Lipinski definition) is 12. The highest BCUT2D eigenvalue weighted by atomic mass is 16.6. The molecular formula is C16H21N5O10. The molecule has 0 aromatic heterocycles. The van der Waals surface area contributed by atoms with Crippen LogP contribution in [0.4, 0.5) is 0 Å². The van der Waals surface area contributed by atoms with Crippen molar-refractivity contribution in [2.75, 3.05) is 6.54 Å². The molecule has 170 valence electrons. The minimum atomic E-state index is -2.52. The number of fused-ring (bicyclic) bond motifs is 1. The highest BCUT2D eigenvalue weighted by Crippen LogP contribution is 2.41. The Bertz CT molecular complexity index is 875. The molecule has 8 N–H and O–H groups in total. The summed E-state index contributed by atoms with van der Waals surface area (Å²) in [6.07, 6.45) is -7.82. The van der Waals surface area contributed by atoms with Gasteiger partial charge in [-0.05, 0) is 0 Å². The predicted molar refractivity (Wildman–Crippen MR) is 98.3 cm³/mol. The standard InChI is InChI=1S/C16H21N5O10/c17-13-10-14(20(4-19-13)3-9(27)28)21(5-18-10)15-16(30,2-8(25)26)12(29)11(31-15)6(22)1-7(23)24/h4-6,11-12,14-15,22,29-30H,1-3,17H2,(H,23,24)(H,25,26)(H,27,28)/t6?,11-,12-,14?,15-,16-/m1/s1. The maximum Gasteiger partial charge on any atom is 0.323 e. The first-order chi connectivity index (χ1) is 14.5. The summed E-state index contributed by atoms with van der Waals surface area (Å²) in [5.41, 5.74) is 3.37. The average molecular weight is 443 g/mol. The zero-order valence-corrected chi connectivity index (χ0v) is 15.8.